The van der Waals surface area contributed by atoms with Crippen LogP contribution < -0.4 is 10.2 Å². The zero-order valence-corrected chi connectivity index (χ0v) is 15.8. The summed E-state index contributed by atoms with van der Waals surface area (Å²) in [5.41, 5.74) is 3.27. The Morgan fingerprint density at radius 3 is 2.38 bits per heavy atom. The van der Waals surface area contributed by atoms with E-state index in [9.17, 15) is 4.79 Å². The fourth-order valence-electron chi connectivity index (χ4n) is 3.40. The van der Waals surface area contributed by atoms with Crippen molar-refractivity contribution in [2.24, 2.45) is 5.92 Å². The first kappa shape index (κ1) is 18.5. The van der Waals surface area contributed by atoms with E-state index in [0.29, 0.717) is 12.3 Å². The molecule has 3 rings (SSSR count). The normalized spacial score (nSPS) is 15.6. The van der Waals surface area contributed by atoms with E-state index >= 15 is 0 Å². The molecule has 0 spiro atoms. The number of anilines is 2. The Balaban J connectivity index is 1.51. The van der Waals surface area contributed by atoms with Gasteiger partial charge in [-0.25, -0.2) is 0 Å². The first-order chi connectivity index (χ1) is 12.6. The fourth-order valence-corrected chi connectivity index (χ4v) is 3.40. The highest BCUT2D eigenvalue weighted by Crippen LogP contribution is 2.23. The first-order valence-electron chi connectivity index (χ1n) is 9.45. The van der Waals surface area contributed by atoms with Crippen molar-refractivity contribution in [1.29, 1.82) is 0 Å². The first-order valence-corrected chi connectivity index (χ1v) is 9.45. The summed E-state index contributed by atoms with van der Waals surface area (Å²) in [6, 6.07) is 18.4. The van der Waals surface area contributed by atoms with E-state index in [1.165, 1.54) is 5.56 Å². The Kier molecular flexibility index (Phi) is 6.29. The highest BCUT2D eigenvalue weighted by Gasteiger charge is 2.21. The van der Waals surface area contributed by atoms with Crippen molar-refractivity contribution in [2.45, 2.75) is 25.8 Å². The molecule has 1 heterocycles. The molecule has 2 aromatic rings. The molecular formula is C22H29N3O. The number of piperidine rings is 1. The number of carbonyl (C=O) groups is 1. The van der Waals surface area contributed by atoms with Gasteiger partial charge in [-0.1, -0.05) is 30.3 Å². The van der Waals surface area contributed by atoms with Crippen molar-refractivity contribution < 1.29 is 4.79 Å². The molecule has 1 aliphatic rings. The second-order valence-corrected chi connectivity index (χ2v) is 7.29. The van der Waals surface area contributed by atoms with Gasteiger partial charge in [0.25, 0.3) is 0 Å². The maximum atomic E-state index is 12.6. The molecule has 0 atom stereocenters. The number of hydrogen-bond acceptors (Lipinski definition) is 3. The van der Waals surface area contributed by atoms with Gasteiger partial charge in [-0.2, -0.15) is 0 Å². The average molecular weight is 351 g/mol. The number of likely N-dealkylation sites (tertiary alicyclic amines) is 1. The number of benzene rings is 2. The van der Waals surface area contributed by atoms with Gasteiger partial charge < -0.3 is 15.1 Å². The van der Waals surface area contributed by atoms with Crippen molar-refractivity contribution in [3.63, 3.8) is 0 Å². The summed E-state index contributed by atoms with van der Waals surface area (Å²) < 4.78 is 0. The van der Waals surface area contributed by atoms with Gasteiger partial charge in [0.2, 0.25) is 5.91 Å². The Morgan fingerprint density at radius 2 is 1.73 bits per heavy atom. The minimum absolute atomic E-state index is 0.213. The van der Waals surface area contributed by atoms with Crippen molar-refractivity contribution in [3.8, 4) is 0 Å². The molecule has 1 N–H and O–H groups in total. The minimum atomic E-state index is 0.213. The van der Waals surface area contributed by atoms with Gasteiger partial charge in [0.15, 0.2) is 0 Å². The molecule has 0 bridgehead atoms. The second kappa shape index (κ2) is 8.86. The number of nitrogens with one attached hydrogen (secondary N) is 1. The monoisotopic (exact) mass is 351 g/mol. The van der Waals surface area contributed by atoms with Gasteiger partial charge in [0.1, 0.15) is 0 Å². The minimum Gasteiger partial charge on any atom is -0.381 e. The van der Waals surface area contributed by atoms with Crippen molar-refractivity contribution in [2.75, 3.05) is 37.4 Å². The van der Waals surface area contributed by atoms with Gasteiger partial charge >= 0.3 is 0 Å². The molecule has 0 unspecified atom stereocenters. The van der Waals surface area contributed by atoms with Gasteiger partial charge in [0.05, 0.1) is 0 Å². The summed E-state index contributed by atoms with van der Waals surface area (Å²) in [4.78, 5) is 16.7. The second-order valence-electron chi connectivity index (χ2n) is 7.29. The highest BCUT2D eigenvalue weighted by molar-refractivity contribution is 5.93. The lowest BCUT2D eigenvalue weighted by Crippen LogP contribution is -2.34. The molecule has 1 fully saturated rings. The van der Waals surface area contributed by atoms with Gasteiger partial charge in [-0.15, -0.1) is 0 Å². The third-order valence-electron chi connectivity index (χ3n) is 5.27. The summed E-state index contributed by atoms with van der Waals surface area (Å²) in [7, 11) is 4.03. The lowest BCUT2D eigenvalue weighted by atomic mass is 9.93. The maximum Gasteiger partial charge on any atom is 0.226 e. The van der Waals surface area contributed by atoms with E-state index in [1.807, 2.05) is 49.5 Å². The van der Waals surface area contributed by atoms with Gasteiger partial charge in [-0.05, 0) is 68.7 Å². The van der Waals surface area contributed by atoms with Crippen LogP contribution in [-0.4, -0.2) is 38.0 Å². The average Bonchev–Trinajstić information content (AvgIpc) is 2.69. The number of carbonyl (C=O) groups excluding carboxylic acids is 1. The zero-order chi connectivity index (χ0) is 18.4. The van der Waals surface area contributed by atoms with E-state index in [4.69, 9.17) is 0 Å². The third kappa shape index (κ3) is 5.09. The summed E-state index contributed by atoms with van der Waals surface area (Å²) in [6.45, 7) is 3.00. The third-order valence-corrected chi connectivity index (χ3v) is 5.27. The van der Waals surface area contributed by atoms with Crippen LogP contribution in [0.25, 0.3) is 0 Å². The quantitative estimate of drug-likeness (QED) is 0.855. The number of rotatable bonds is 6. The van der Waals surface area contributed by atoms with Gasteiger partial charge in [-0.3, -0.25) is 4.79 Å². The van der Waals surface area contributed by atoms with Crippen LogP contribution in [0.2, 0.25) is 0 Å². The van der Waals surface area contributed by atoms with Crippen LogP contribution in [0, 0.1) is 5.92 Å². The molecule has 1 aliphatic heterocycles. The molecule has 4 heteroatoms. The Labute approximate surface area is 156 Å². The number of amides is 1. The molecular weight excluding hydrogens is 322 g/mol. The molecule has 2 aromatic carbocycles. The van der Waals surface area contributed by atoms with Crippen LogP contribution in [0.15, 0.2) is 54.6 Å². The Morgan fingerprint density at radius 1 is 1.08 bits per heavy atom. The van der Waals surface area contributed by atoms with E-state index < -0.39 is 0 Å². The van der Waals surface area contributed by atoms with E-state index in [-0.39, 0.29) is 5.91 Å². The van der Waals surface area contributed by atoms with Crippen LogP contribution in [0.4, 0.5) is 11.4 Å². The fraction of sp³-hybridized carbons (Fsp3) is 0.409. The van der Waals surface area contributed by atoms with Crippen LogP contribution in [0.1, 0.15) is 24.8 Å². The largest absolute Gasteiger partial charge is 0.381 e. The van der Waals surface area contributed by atoms with Crippen molar-refractivity contribution in [3.05, 3.63) is 60.2 Å². The summed E-state index contributed by atoms with van der Waals surface area (Å²) >= 11 is 0. The van der Waals surface area contributed by atoms with Crippen molar-refractivity contribution >= 4 is 17.3 Å². The molecule has 0 saturated carbocycles. The lowest BCUT2D eigenvalue weighted by molar-refractivity contribution is -0.119. The SMILES string of the molecule is CN1CCC(CC(=O)N(C)c2ccc(NCc3ccccc3)cc2)CC1. The molecule has 0 aliphatic carbocycles. The van der Waals surface area contributed by atoms with Crippen molar-refractivity contribution in [1.82, 2.24) is 4.90 Å². The molecule has 4 nitrogen and oxygen atoms in total. The summed E-state index contributed by atoms with van der Waals surface area (Å²) in [5, 5.41) is 3.42. The van der Waals surface area contributed by atoms with E-state index in [0.717, 1.165) is 43.9 Å². The summed E-state index contributed by atoms with van der Waals surface area (Å²) in [6.07, 6.45) is 2.90. The standard InChI is InChI=1S/C22H29N3O/c1-24-14-12-18(13-15-24)16-22(26)25(2)21-10-8-20(9-11-21)23-17-19-6-4-3-5-7-19/h3-11,18,23H,12-17H2,1-2H3. The van der Waals surface area contributed by atoms with Crippen LogP contribution in [0.5, 0.6) is 0 Å². The molecule has 1 saturated heterocycles. The lowest BCUT2D eigenvalue weighted by Gasteiger charge is -2.29. The van der Waals surface area contributed by atoms with E-state index in [1.54, 1.807) is 4.90 Å². The number of nitrogens with zero attached hydrogens (tertiary/aromatic N) is 2. The molecule has 1 amide bonds. The smallest absolute Gasteiger partial charge is 0.226 e. The Bertz CT molecular complexity index is 691. The predicted molar refractivity (Wildman–Crippen MR) is 108 cm³/mol. The van der Waals surface area contributed by atoms with Gasteiger partial charge in [0, 0.05) is 31.4 Å². The van der Waals surface area contributed by atoms with Crippen LogP contribution in [0.3, 0.4) is 0 Å². The van der Waals surface area contributed by atoms with E-state index in [2.05, 4.69) is 29.4 Å². The molecule has 0 aromatic heterocycles. The predicted octanol–water partition coefficient (Wildman–Crippen LogP) is 3.99. The highest BCUT2D eigenvalue weighted by atomic mass is 16.2. The number of hydrogen-bond donors (Lipinski definition) is 1. The van der Waals surface area contributed by atoms with Crippen LogP contribution >= 0.6 is 0 Å². The van der Waals surface area contributed by atoms with Crippen LogP contribution in [-0.2, 0) is 11.3 Å². The summed E-state index contributed by atoms with van der Waals surface area (Å²) in [5.74, 6) is 0.734. The topological polar surface area (TPSA) is 35.6 Å². The Hall–Kier alpha value is -2.33. The molecule has 138 valence electrons. The molecule has 0 radical (unpaired) electrons. The molecule has 26 heavy (non-hydrogen) atoms. The zero-order valence-electron chi connectivity index (χ0n) is 15.8. The maximum absolute atomic E-state index is 12.6.